The lowest BCUT2D eigenvalue weighted by Gasteiger charge is -2.23. The van der Waals surface area contributed by atoms with Gasteiger partial charge < -0.3 is 4.90 Å². The van der Waals surface area contributed by atoms with E-state index in [0.29, 0.717) is 22.8 Å². The van der Waals surface area contributed by atoms with Crippen molar-refractivity contribution in [2.24, 2.45) is 0 Å². The van der Waals surface area contributed by atoms with Gasteiger partial charge in [0.15, 0.2) is 0 Å². The maximum absolute atomic E-state index is 12.8. The van der Waals surface area contributed by atoms with Crippen LogP contribution in [0, 0.1) is 6.92 Å². The summed E-state index contributed by atoms with van der Waals surface area (Å²) < 4.78 is 26.1. The molecule has 0 aliphatic rings. The molecular formula is C24H25ClN2O3S. The predicted octanol–water partition coefficient (Wildman–Crippen LogP) is 4.89. The summed E-state index contributed by atoms with van der Waals surface area (Å²) in [7, 11) is -1.77. The Morgan fingerprint density at radius 2 is 1.35 bits per heavy atom. The summed E-state index contributed by atoms with van der Waals surface area (Å²) in [6.45, 7) is 2.69. The third kappa shape index (κ3) is 6.09. The van der Waals surface area contributed by atoms with Crippen molar-refractivity contribution < 1.29 is 13.2 Å². The minimum absolute atomic E-state index is 0.129. The van der Waals surface area contributed by atoms with E-state index in [1.165, 1.54) is 9.87 Å². The van der Waals surface area contributed by atoms with Crippen molar-refractivity contribution in [2.75, 3.05) is 17.6 Å². The summed E-state index contributed by atoms with van der Waals surface area (Å²) in [5, 5.41) is 0.590. The van der Waals surface area contributed by atoms with E-state index in [9.17, 15) is 13.2 Å². The molecule has 3 rings (SSSR count). The largest absolute Gasteiger partial charge is 0.337 e. The van der Waals surface area contributed by atoms with Gasteiger partial charge in [0.2, 0.25) is 10.0 Å². The molecule has 0 N–H and O–H groups in total. The number of sulfonamides is 1. The number of nitrogens with zero attached hydrogens (tertiary/aromatic N) is 2. The summed E-state index contributed by atoms with van der Waals surface area (Å²) in [4.78, 5) is 14.4. The first-order chi connectivity index (χ1) is 14.6. The van der Waals surface area contributed by atoms with E-state index in [2.05, 4.69) is 0 Å². The molecule has 0 aromatic heterocycles. The smallest absolute Gasteiger partial charge is 0.253 e. The molecule has 3 aromatic carbocycles. The Balaban J connectivity index is 1.76. The van der Waals surface area contributed by atoms with Gasteiger partial charge in [-0.05, 0) is 54.4 Å². The van der Waals surface area contributed by atoms with E-state index < -0.39 is 10.0 Å². The van der Waals surface area contributed by atoms with Crippen LogP contribution in [0.2, 0.25) is 5.02 Å². The second kappa shape index (κ2) is 9.54. The van der Waals surface area contributed by atoms with Gasteiger partial charge in [-0.15, -0.1) is 0 Å². The minimum atomic E-state index is -3.51. The highest BCUT2D eigenvalue weighted by Gasteiger charge is 2.19. The maximum atomic E-state index is 12.8. The topological polar surface area (TPSA) is 57.7 Å². The molecule has 1 amide bonds. The van der Waals surface area contributed by atoms with Crippen molar-refractivity contribution >= 4 is 33.2 Å². The van der Waals surface area contributed by atoms with Gasteiger partial charge in [-0.25, -0.2) is 8.42 Å². The number of benzene rings is 3. The second-order valence-corrected chi connectivity index (χ2v) is 9.93. The zero-order valence-corrected chi connectivity index (χ0v) is 19.3. The van der Waals surface area contributed by atoms with Gasteiger partial charge in [-0.1, -0.05) is 53.6 Å². The molecule has 0 spiro atoms. The highest BCUT2D eigenvalue weighted by Crippen LogP contribution is 2.22. The van der Waals surface area contributed by atoms with E-state index in [0.717, 1.165) is 17.4 Å². The summed E-state index contributed by atoms with van der Waals surface area (Å²) in [5.41, 5.74) is 4.02. The normalized spacial score (nSPS) is 11.2. The van der Waals surface area contributed by atoms with Crippen LogP contribution in [0.15, 0.2) is 72.8 Å². The van der Waals surface area contributed by atoms with Crippen molar-refractivity contribution in [1.29, 1.82) is 0 Å². The molecular weight excluding hydrogens is 432 g/mol. The molecule has 0 unspecified atom stereocenters. The van der Waals surface area contributed by atoms with Crippen LogP contribution in [0.25, 0.3) is 0 Å². The first kappa shape index (κ1) is 22.8. The Kier molecular flexibility index (Phi) is 7.03. The van der Waals surface area contributed by atoms with E-state index >= 15 is 0 Å². The van der Waals surface area contributed by atoms with Gasteiger partial charge in [0.25, 0.3) is 5.91 Å². The molecule has 0 saturated heterocycles. The number of aryl methyl sites for hydroxylation is 1. The van der Waals surface area contributed by atoms with Gasteiger partial charge in [-0.3, -0.25) is 9.10 Å². The SMILES string of the molecule is Cc1ccc(CN(C)C(=O)c2ccc(N(Cc3ccc(Cl)cc3)S(C)(=O)=O)cc2)cc1. The predicted molar refractivity (Wildman–Crippen MR) is 126 cm³/mol. The first-order valence-electron chi connectivity index (χ1n) is 9.77. The Morgan fingerprint density at radius 3 is 1.90 bits per heavy atom. The molecule has 0 fully saturated rings. The van der Waals surface area contributed by atoms with Gasteiger partial charge in [0.05, 0.1) is 18.5 Å². The minimum Gasteiger partial charge on any atom is -0.337 e. The first-order valence-corrected chi connectivity index (χ1v) is 12.0. The van der Waals surface area contributed by atoms with Crippen molar-refractivity contribution in [2.45, 2.75) is 20.0 Å². The van der Waals surface area contributed by atoms with Crippen LogP contribution in [0.4, 0.5) is 5.69 Å². The Hall–Kier alpha value is -2.83. The second-order valence-electron chi connectivity index (χ2n) is 7.59. The summed E-state index contributed by atoms with van der Waals surface area (Å²) in [6, 6.07) is 21.7. The van der Waals surface area contributed by atoms with Crippen LogP contribution < -0.4 is 4.31 Å². The Bertz CT molecular complexity index is 1140. The van der Waals surface area contributed by atoms with E-state index in [1.807, 2.05) is 31.2 Å². The van der Waals surface area contributed by atoms with Gasteiger partial charge >= 0.3 is 0 Å². The number of hydrogen-bond acceptors (Lipinski definition) is 3. The zero-order valence-electron chi connectivity index (χ0n) is 17.7. The van der Waals surface area contributed by atoms with E-state index in [1.54, 1.807) is 60.5 Å². The lowest BCUT2D eigenvalue weighted by molar-refractivity contribution is 0.0785. The number of anilines is 1. The van der Waals surface area contributed by atoms with Gasteiger partial charge in [0.1, 0.15) is 0 Å². The quantitative estimate of drug-likeness (QED) is 0.508. The number of hydrogen-bond donors (Lipinski definition) is 0. The highest BCUT2D eigenvalue weighted by molar-refractivity contribution is 7.92. The van der Waals surface area contributed by atoms with Crippen molar-refractivity contribution in [1.82, 2.24) is 4.90 Å². The molecule has 0 heterocycles. The average molecular weight is 457 g/mol. The van der Waals surface area contributed by atoms with Gasteiger partial charge in [-0.2, -0.15) is 0 Å². The third-order valence-electron chi connectivity index (χ3n) is 4.93. The molecule has 0 radical (unpaired) electrons. The fourth-order valence-electron chi connectivity index (χ4n) is 3.19. The lowest BCUT2D eigenvalue weighted by atomic mass is 10.1. The highest BCUT2D eigenvalue weighted by atomic mass is 35.5. The number of halogens is 1. The van der Waals surface area contributed by atoms with Gasteiger partial charge in [0, 0.05) is 24.2 Å². The van der Waals surface area contributed by atoms with Crippen LogP contribution in [0.3, 0.4) is 0 Å². The monoisotopic (exact) mass is 456 g/mol. The molecule has 0 saturated carbocycles. The molecule has 5 nitrogen and oxygen atoms in total. The van der Waals surface area contributed by atoms with Crippen LogP contribution >= 0.6 is 11.6 Å². The van der Waals surface area contributed by atoms with Crippen molar-refractivity contribution in [3.05, 3.63) is 100 Å². The van der Waals surface area contributed by atoms with Crippen LogP contribution in [0.1, 0.15) is 27.0 Å². The van der Waals surface area contributed by atoms with E-state index in [-0.39, 0.29) is 12.5 Å². The van der Waals surface area contributed by atoms with Crippen LogP contribution in [-0.2, 0) is 23.1 Å². The zero-order chi connectivity index (χ0) is 22.6. The Morgan fingerprint density at radius 1 is 0.839 bits per heavy atom. The number of carbonyl (C=O) groups is 1. The number of carbonyl (C=O) groups excluding carboxylic acids is 1. The maximum Gasteiger partial charge on any atom is 0.253 e. The fraction of sp³-hybridized carbons (Fsp3) is 0.208. The lowest BCUT2D eigenvalue weighted by Crippen LogP contribution is -2.29. The molecule has 0 aliphatic heterocycles. The van der Waals surface area contributed by atoms with E-state index in [4.69, 9.17) is 11.6 Å². The summed E-state index contributed by atoms with van der Waals surface area (Å²) in [6.07, 6.45) is 1.16. The molecule has 0 bridgehead atoms. The molecule has 162 valence electrons. The van der Waals surface area contributed by atoms with Crippen LogP contribution in [0.5, 0.6) is 0 Å². The van der Waals surface area contributed by atoms with Crippen LogP contribution in [-0.4, -0.2) is 32.5 Å². The van der Waals surface area contributed by atoms with Crippen molar-refractivity contribution in [3.63, 3.8) is 0 Å². The average Bonchev–Trinajstić information content (AvgIpc) is 2.73. The van der Waals surface area contributed by atoms with Crippen molar-refractivity contribution in [3.8, 4) is 0 Å². The molecule has 3 aromatic rings. The fourth-order valence-corrected chi connectivity index (χ4v) is 4.20. The summed E-state index contributed by atoms with van der Waals surface area (Å²) >= 11 is 5.92. The Labute approximate surface area is 188 Å². The molecule has 7 heteroatoms. The summed E-state index contributed by atoms with van der Waals surface area (Å²) in [5.74, 6) is -0.129. The molecule has 0 atom stereocenters. The molecule has 31 heavy (non-hydrogen) atoms. The number of amides is 1. The standard InChI is InChI=1S/C24H25ClN2O3S/c1-18-4-6-19(7-5-18)16-26(2)24(28)21-10-14-23(15-11-21)27(31(3,29)30)17-20-8-12-22(25)13-9-20/h4-15H,16-17H2,1-3H3. The third-order valence-corrected chi connectivity index (χ3v) is 6.32. The molecule has 0 aliphatic carbocycles. The number of rotatable bonds is 7.